The smallest absolute Gasteiger partial charge is 0.299 e. The Labute approximate surface area is 223 Å². The molecule has 0 spiro atoms. The fraction of sp³-hybridized carbons (Fsp3) is 0.346. The van der Waals surface area contributed by atoms with E-state index in [0.717, 1.165) is 33.9 Å². The number of nitrogens with one attached hydrogen (secondary N) is 1. The molecule has 2 aromatic carbocycles. The Hall–Kier alpha value is -2.24. The van der Waals surface area contributed by atoms with Crippen molar-refractivity contribution in [2.45, 2.75) is 48.7 Å². The maximum atomic E-state index is 12.9. The van der Waals surface area contributed by atoms with Gasteiger partial charge in [-0.2, -0.15) is 13.2 Å². The highest BCUT2D eigenvalue weighted by Crippen LogP contribution is 2.29. The molecule has 0 unspecified atom stereocenters. The van der Waals surface area contributed by atoms with Crippen molar-refractivity contribution < 1.29 is 26.4 Å². The molecule has 0 bridgehead atoms. The highest BCUT2D eigenvalue weighted by molar-refractivity contribution is 7.91. The predicted octanol–water partition coefficient (Wildman–Crippen LogP) is 6.18. The van der Waals surface area contributed by atoms with Crippen LogP contribution in [-0.4, -0.2) is 38.2 Å². The normalized spacial score (nSPS) is 15.7. The van der Waals surface area contributed by atoms with Gasteiger partial charge in [0.25, 0.3) is 0 Å². The zero-order valence-corrected chi connectivity index (χ0v) is 22.2. The average Bonchev–Trinajstić information content (AvgIpc) is 3.34. The molecule has 0 radical (unpaired) electrons. The van der Waals surface area contributed by atoms with Gasteiger partial charge < -0.3 is 0 Å². The number of nitrogens with zero attached hydrogens (tertiary/aromatic N) is 1. The molecule has 4 rings (SSSR count). The molecule has 1 aliphatic heterocycles. The number of piperidine rings is 1. The number of carbonyl (C=O) groups is 1. The van der Waals surface area contributed by atoms with E-state index < -0.39 is 21.8 Å². The third-order valence-corrected chi connectivity index (χ3v) is 9.67. The molecule has 1 aromatic heterocycles. The molecule has 2 heterocycles. The maximum Gasteiger partial charge on any atom is 0.416 e. The molecule has 0 saturated carbocycles. The maximum absolute atomic E-state index is 12.9. The number of hydrogen-bond acceptors (Lipinski definition) is 5. The average molecular weight is 571 g/mol. The molecule has 1 saturated heterocycles. The molecular formula is C26H26ClF3N2O3S2. The second kappa shape index (κ2) is 11.7. The van der Waals surface area contributed by atoms with Crippen LogP contribution >= 0.6 is 22.9 Å². The lowest BCUT2D eigenvalue weighted by atomic mass is 10.0. The topological polar surface area (TPSA) is 66.5 Å². The molecule has 11 heteroatoms. The Morgan fingerprint density at radius 1 is 1.00 bits per heavy atom. The first-order chi connectivity index (χ1) is 17.5. The number of carbonyl (C=O) groups excluding carboxylic acids is 1. The minimum atomic E-state index is -4.35. The van der Waals surface area contributed by atoms with Gasteiger partial charge in [0.15, 0.2) is 5.78 Å². The van der Waals surface area contributed by atoms with Gasteiger partial charge in [-0.25, -0.2) is 13.1 Å². The number of alkyl halides is 3. The summed E-state index contributed by atoms with van der Waals surface area (Å²) in [6, 6.07) is 14.9. The lowest BCUT2D eigenvalue weighted by Gasteiger charge is -2.32. The van der Waals surface area contributed by atoms with Gasteiger partial charge in [-0.05, 0) is 73.4 Å². The predicted molar refractivity (Wildman–Crippen MR) is 138 cm³/mol. The minimum Gasteiger partial charge on any atom is -0.299 e. The summed E-state index contributed by atoms with van der Waals surface area (Å²) in [5.41, 5.74) is 0.682. The molecule has 5 nitrogen and oxygen atoms in total. The molecule has 3 aromatic rings. The van der Waals surface area contributed by atoms with Crippen LogP contribution in [0, 0.1) is 0 Å². The minimum absolute atomic E-state index is 0.0318. The molecule has 1 fully saturated rings. The Bertz CT molecular complexity index is 1320. The van der Waals surface area contributed by atoms with Gasteiger partial charge in [-0.15, -0.1) is 11.3 Å². The Balaban J connectivity index is 1.25. The summed E-state index contributed by atoms with van der Waals surface area (Å²) in [7, 11) is -3.69. The van der Waals surface area contributed by atoms with Crippen LogP contribution in [0.2, 0.25) is 5.02 Å². The second-order valence-corrected chi connectivity index (χ2v) is 12.6. The van der Waals surface area contributed by atoms with Crippen LogP contribution in [0.25, 0.3) is 0 Å². The van der Waals surface area contributed by atoms with E-state index >= 15 is 0 Å². The van der Waals surface area contributed by atoms with Crippen molar-refractivity contribution in [1.29, 1.82) is 0 Å². The van der Waals surface area contributed by atoms with Crippen LogP contribution in [0.1, 0.15) is 45.6 Å². The first kappa shape index (κ1) is 27.8. The molecule has 1 aliphatic rings. The Morgan fingerprint density at radius 3 is 2.27 bits per heavy atom. The van der Waals surface area contributed by atoms with Gasteiger partial charge in [0, 0.05) is 47.6 Å². The fourth-order valence-electron chi connectivity index (χ4n) is 4.20. The van der Waals surface area contributed by atoms with Crippen molar-refractivity contribution in [3.8, 4) is 0 Å². The first-order valence-electron chi connectivity index (χ1n) is 11.8. The number of rotatable bonds is 9. The van der Waals surface area contributed by atoms with Crippen LogP contribution in [0.15, 0.2) is 64.9 Å². The highest BCUT2D eigenvalue weighted by Gasteiger charge is 2.30. The van der Waals surface area contributed by atoms with Crippen molar-refractivity contribution in [3.63, 3.8) is 0 Å². The summed E-state index contributed by atoms with van der Waals surface area (Å²) in [4.78, 5) is 15.3. The molecule has 37 heavy (non-hydrogen) atoms. The lowest BCUT2D eigenvalue weighted by Crippen LogP contribution is -2.44. The number of sulfonamides is 1. The van der Waals surface area contributed by atoms with Gasteiger partial charge in [0.1, 0.15) is 4.21 Å². The van der Waals surface area contributed by atoms with Gasteiger partial charge in [0.05, 0.1) is 5.56 Å². The van der Waals surface area contributed by atoms with E-state index in [1.165, 1.54) is 12.1 Å². The number of ketones is 1. The molecule has 0 amide bonds. The Kier molecular flexibility index (Phi) is 8.75. The van der Waals surface area contributed by atoms with Gasteiger partial charge in [0.2, 0.25) is 10.0 Å². The number of thiophene rings is 1. The first-order valence-corrected chi connectivity index (χ1v) is 14.5. The van der Waals surface area contributed by atoms with Crippen LogP contribution in [0.5, 0.6) is 0 Å². The van der Waals surface area contributed by atoms with E-state index in [-0.39, 0.29) is 22.5 Å². The zero-order chi connectivity index (χ0) is 26.6. The Morgan fingerprint density at radius 2 is 1.65 bits per heavy atom. The monoisotopic (exact) mass is 570 g/mol. The van der Waals surface area contributed by atoms with Gasteiger partial charge in [-0.3, -0.25) is 9.69 Å². The number of benzene rings is 2. The fourth-order valence-corrected chi connectivity index (χ4v) is 7.00. The van der Waals surface area contributed by atoms with Crippen molar-refractivity contribution in [3.05, 3.63) is 87.3 Å². The summed E-state index contributed by atoms with van der Waals surface area (Å²) < 4.78 is 67.0. The summed E-state index contributed by atoms with van der Waals surface area (Å²) in [6.07, 6.45) is -2.43. The number of aryl methyl sites for hydroxylation is 1. The van der Waals surface area contributed by atoms with Crippen molar-refractivity contribution in [2.75, 3.05) is 13.1 Å². The number of Topliss-reactive ketones (excluding diaryl/α,β-unsaturated/α-hetero) is 1. The summed E-state index contributed by atoms with van der Waals surface area (Å²) in [5.74, 6) is -0.0318. The molecule has 0 aliphatic carbocycles. The lowest BCUT2D eigenvalue weighted by molar-refractivity contribution is -0.137. The van der Waals surface area contributed by atoms with Crippen LogP contribution in [0.3, 0.4) is 0 Å². The van der Waals surface area contributed by atoms with Crippen LogP contribution < -0.4 is 4.72 Å². The summed E-state index contributed by atoms with van der Waals surface area (Å²) >= 11 is 7.01. The third kappa shape index (κ3) is 7.64. The molecule has 198 valence electrons. The van der Waals surface area contributed by atoms with Gasteiger partial charge in [-0.1, -0.05) is 23.7 Å². The van der Waals surface area contributed by atoms with E-state index in [2.05, 4.69) is 9.62 Å². The van der Waals surface area contributed by atoms with Crippen molar-refractivity contribution >= 4 is 38.7 Å². The summed E-state index contributed by atoms with van der Waals surface area (Å²) in [6.45, 7) is 1.79. The van der Waals surface area contributed by atoms with Crippen molar-refractivity contribution in [1.82, 2.24) is 9.62 Å². The number of likely N-dealkylation sites (tertiary alicyclic amines) is 1. The molecule has 0 atom stereocenters. The molecule has 1 N–H and O–H groups in total. The van der Waals surface area contributed by atoms with E-state index in [0.29, 0.717) is 49.5 Å². The SMILES string of the molecule is O=C(CCc1ccc(S(=O)(=O)NC2CCN(Cc3ccc(C(F)(F)F)cc3)CC2)s1)c1ccc(Cl)cc1. The molecular weight excluding hydrogens is 545 g/mol. The quantitative estimate of drug-likeness (QED) is 0.312. The largest absolute Gasteiger partial charge is 0.416 e. The van der Waals surface area contributed by atoms with E-state index in [1.54, 1.807) is 36.4 Å². The van der Waals surface area contributed by atoms with E-state index in [1.807, 2.05) is 0 Å². The third-order valence-electron chi connectivity index (χ3n) is 6.26. The zero-order valence-electron chi connectivity index (χ0n) is 19.8. The van der Waals surface area contributed by atoms with Crippen molar-refractivity contribution in [2.24, 2.45) is 0 Å². The van der Waals surface area contributed by atoms with Gasteiger partial charge >= 0.3 is 6.18 Å². The van der Waals surface area contributed by atoms with E-state index in [9.17, 15) is 26.4 Å². The van der Waals surface area contributed by atoms with Crippen LogP contribution in [0.4, 0.5) is 13.2 Å². The standard InChI is InChI=1S/C26H26ClF3N2O3S2/c27-21-7-3-19(4-8-21)24(33)11-9-23-10-12-25(36-23)37(34,35)31-22-13-15-32(16-14-22)17-18-1-5-20(6-2-18)26(28,29)30/h1-8,10,12,22,31H,9,11,13-17H2. The second-order valence-electron chi connectivity index (χ2n) is 9.02. The summed E-state index contributed by atoms with van der Waals surface area (Å²) in [5, 5.41) is 0.557. The highest BCUT2D eigenvalue weighted by atomic mass is 35.5. The van der Waals surface area contributed by atoms with Crippen LogP contribution in [-0.2, 0) is 29.2 Å². The number of hydrogen-bond donors (Lipinski definition) is 1. The number of halogens is 4. The van der Waals surface area contributed by atoms with E-state index in [4.69, 9.17) is 11.6 Å².